The van der Waals surface area contributed by atoms with Crippen molar-refractivity contribution in [2.45, 2.75) is 19.3 Å². The summed E-state index contributed by atoms with van der Waals surface area (Å²) in [6.45, 7) is 1.88. The Kier molecular flexibility index (Phi) is 10.8. The molecule has 0 spiro atoms. The van der Waals surface area contributed by atoms with Crippen molar-refractivity contribution in [3.8, 4) is 23.0 Å². The highest BCUT2D eigenvalue weighted by atomic mass is 79.9. The SMILES string of the molecule is Br.NCCCCNCCCN(C(=O)c1cccc(O)c1O)C(=O)c1cccc(O)c1O. The Labute approximate surface area is 190 Å². The second-order valence-electron chi connectivity index (χ2n) is 6.71. The van der Waals surface area contributed by atoms with Gasteiger partial charge in [0, 0.05) is 6.54 Å². The molecule has 2 aromatic carbocycles. The van der Waals surface area contributed by atoms with Crippen LogP contribution in [-0.4, -0.2) is 63.3 Å². The quantitative estimate of drug-likeness (QED) is 0.165. The normalized spacial score (nSPS) is 10.4. The lowest BCUT2D eigenvalue weighted by molar-refractivity contribution is 0.0610. The van der Waals surface area contributed by atoms with Crippen molar-refractivity contribution in [3.05, 3.63) is 47.5 Å². The number of aromatic hydroxyl groups is 4. The van der Waals surface area contributed by atoms with Gasteiger partial charge < -0.3 is 31.5 Å². The summed E-state index contributed by atoms with van der Waals surface area (Å²) in [4.78, 5) is 26.8. The molecule has 10 heteroatoms. The van der Waals surface area contributed by atoms with Gasteiger partial charge >= 0.3 is 0 Å². The first-order valence-corrected chi connectivity index (χ1v) is 9.67. The van der Waals surface area contributed by atoms with Crippen molar-refractivity contribution < 1.29 is 30.0 Å². The monoisotopic (exact) mass is 497 g/mol. The number of carbonyl (C=O) groups excluding carboxylic acids is 2. The Balaban J connectivity index is 0.00000480. The van der Waals surface area contributed by atoms with Gasteiger partial charge in [-0.25, -0.2) is 0 Å². The molecule has 0 saturated carbocycles. The fourth-order valence-corrected chi connectivity index (χ4v) is 2.88. The second-order valence-corrected chi connectivity index (χ2v) is 6.71. The zero-order valence-corrected chi connectivity index (χ0v) is 18.7. The Morgan fingerprint density at radius 1 is 0.806 bits per heavy atom. The lowest BCUT2D eigenvalue weighted by atomic mass is 10.1. The molecule has 0 aliphatic heterocycles. The molecule has 0 radical (unpaired) electrons. The van der Waals surface area contributed by atoms with E-state index in [1.165, 1.54) is 36.4 Å². The molecule has 2 aromatic rings. The van der Waals surface area contributed by atoms with Gasteiger partial charge in [0.25, 0.3) is 11.8 Å². The van der Waals surface area contributed by atoms with Gasteiger partial charge in [-0.3, -0.25) is 14.5 Å². The minimum atomic E-state index is -0.834. The van der Waals surface area contributed by atoms with E-state index < -0.39 is 34.8 Å². The summed E-state index contributed by atoms with van der Waals surface area (Å²) < 4.78 is 0. The van der Waals surface area contributed by atoms with E-state index in [1.54, 1.807) is 0 Å². The van der Waals surface area contributed by atoms with Crippen molar-refractivity contribution in [1.82, 2.24) is 10.2 Å². The molecule has 0 aliphatic carbocycles. The molecule has 2 rings (SSSR count). The van der Waals surface area contributed by atoms with Crippen molar-refractivity contribution >= 4 is 28.8 Å². The number of benzene rings is 2. The van der Waals surface area contributed by atoms with Crippen LogP contribution in [0.25, 0.3) is 0 Å². The van der Waals surface area contributed by atoms with Gasteiger partial charge in [0.05, 0.1) is 11.1 Å². The first-order chi connectivity index (χ1) is 14.4. The number of nitrogens with one attached hydrogen (secondary N) is 1. The summed E-state index contributed by atoms with van der Waals surface area (Å²) in [6.07, 6.45) is 2.22. The molecule has 0 bridgehead atoms. The molecule has 170 valence electrons. The average Bonchev–Trinajstić information content (AvgIpc) is 2.73. The highest BCUT2D eigenvalue weighted by Crippen LogP contribution is 2.32. The molecule has 0 saturated heterocycles. The smallest absolute Gasteiger partial charge is 0.264 e. The second kappa shape index (κ2) is 12.8. The number of rotatable bonds is 10. The van der Waals surface area contributed by atoms with Crippen LogP contribution >= 0.6 is 17.0 Å². The third-order valence-electron chi connectivity index (χ3n) is 4.52. The standard InChI is InChI=1S/C21H27N3O6.BrH/c22-10-1-2-11-23-12-5-13-24(20(29)14-6-3-8-16(25)18(14)27)21(30)15-7-4-9-17(26)19(15)28;/h3-4,6-9,23,25-28H,1-2,5,10-13,22H2;1H. The number of phenolic OH excluding ortho intramolecular Hbond substituents is 4. The van der Waals surface area contributed by atoms with Gasteiger partial charge in [-0.1, -0.05) is 12.1 Å². The first-order valence-electron chi connectivity index (χ1n) is 9.67. The van der Waals surface area contributed by atoms with E-state index in [2.05, 4.69) is 5.32 Å². The van der Waals surface area contributed by atoms with Crippen LogP contribution in [0.5, 0.6) is 23.0 Å². The van der Waals surface area contributed by atoms with Gasteiger partial charge in [0.2, 0.25) is 0 Å². The summed E-state index contributed by atoms with van der Waals surface area (Å²) in [5.74, 6) is -3.93. The Bertz CT molecular complexity index is 830. The van der Waals surface area contributed by atoms with E-state index in [1.807, 2.05) is 0 Å². The lowest BCUT2D eigenvalue weighted by Crippen LogP contribution is -2.39. The number of hydrogen-bond acceptors (Lipinski definition) is 8. The molecule has 0 heterocycles. The number of nitrogens with two attached hydrogens (primary N) is 1. The summed E-state index contributed by atoms with van der Waals surface area (Å²) in [6, 6.07) is 7.73. The van der Waals surface area contributed by atoms with Gasteiger partial charge in [-0.15, -0.1) is 17.0 Å². The molecule has 2 amide bonds. The van der Waals surface area contributed by atoms with Crippen LogP contribution < -0.4 is 11.1 Å². The number of carbonyl (C=O) groups is 2. The van der Waals surface area contributed by atoms with Gasteiger partial charge in [0.1, 0.15) is 0 Å². The lowest BCUT2D eigenvalue weighted by Gasteiger charge is -2.22. The highest BCUT2D eigenvalue weighted by Gasteiger charge is 2.28. The van der Waals surface area contributed by atoms with Crippen LogP contribution in [0.1, 0.15) is 40.0 Å². The van der Waals surface area contributed by atoms with E-state index in [0.29, 0.717) is 19.5 Å². The summed E-state index contributed by atoms with van der Waals surface area (Å²) >= 11 is 0. The van der Waals surface area contributed by atoms with Crippen LogP contribution in [0, 0.1) is 0 Å². The minimum Gasteiger partial charge on any atom is -0.504 e. The Morgan fingerprint density at radius 3 is 1.77 bits per heavy atom. The zero-order chi connectivity index (χ0) is 22.1. The van der Waals surface area contributed by atoms with Crippen molar-refractivity contribution in [1.29, 1.82) is 0 Å². The molecular formula is C21H28BrN3O6. The molecule has 0 unspecified atom stereocenters. The maximum absolute atomic E-state index is 13.0. The third-order valence-corrected chi connectivity index (χ3v) is 4.52. The predicted molar refractivity (Wildman–Crippen MR) is 121 cm³/mol. The number of phenols is 4. The average molecular weight is 498 g/mol. The van der Waals surface area contributed by atoms with Gasteiger partial charge in [-0.05, 0) is 63.2 Å². The van der Waals surface area contributed by atoms with E-state index in [-0.39, 0.29) is 34.7 Å². The van der Waals surface area contributed by atoms with E-state index >= 15 is 0 Å². The number of unbranched alkanes of at least 4 members (excludes halogenated alkanes) is 1. The molecule has 0 aliphatic rings. The van der Waals surface area contributed by atoms with Crippen molar-refractivity contribution in [3.63, 3.8) is 0 Å². The first kappa shape index (κ1) is 26.2. The number of imide groups is 1. The van der Waals surface area contributed by atoms with E-state index in [9.17, 15) is 30.0 Å². The Hall–Kier alpha value is -2.82. The molecule has 0 aromatic heterocycles. The molecule has 31 heavy (non-hydrogen) atoms. The predicted octanol–water partition coefficient (Wildman–Crippen LogP) is 2.09. The number of halogens is 1. The number of nitrogens with zero attached hydrogens (tertiary/aromatic N) is 1. The molecular weight excluding hydrogens is 470 g/mol. The molecule has 0 fully saturated rings. The molecule has 0 atom stereocenters. The van der Waals surface area contributed by atoms with E-state index in [0.717, 1.165) is 24.3 Å². The third kappa shape index (κ3) is 6.84. The maximum atomic E-state index is 13.0. The Morgan fingerprint density at radius 2 is 1.29 bits per heavy atom. The van der Waals surface area contributed by atoms with Crippen LogP contribution in [0.4, 0.5) is 0 Å². The number of amides is 2. The number of para-hydroxylation sites is 2. The van der Waals surface area contributed by atoms with Gasteiger partial charge in [-0.2, -0.15) is 0 Å². The van der Waals surface area contributed by atoms with Crippen LogP contribution in [0.15, 0.2) is 36.4 Å². The maximum Gasteiger partial charge on any atom is 0.264 e. The van der Waals surface area contributed by atoms with Crippen LogP contribution in [0.3, 0.4) is 0 Å². The zero-order valence-electron chi connectivity index (χ0n) is 17.0. The van der Waals surface area contributed by atoms with E-state index in [4.69, 9.17) is 5.73 Å². The van der Waals surface area contributed by atoms with Crippen molar-refractivity contribution in [2.75, 3.05) is 26.2 Å². The molecule has 7 N–H and O–H groups in total. The van der Waals surface area contributed by atoms with Crippen LogP contribution in [-0.2, 0) is 0 Å². The minimum absolute atomic E-state index is 0. The largest absolute Gasteiger partial charge is 0.504 e. The topological polar surface area (TPSA) is 156 Å². The number of hydrogen-bond donors (Lipinski definition) is 6. The summed E-state index contributed by atoms with van der Waals surface area (Å²) in [5.41, 5.74) is 4.94. The van der Waals surface area contributed by atoms with Crippen LogP contribution in [0.2, 0.25) is 0 Å². The van der Waals surface area contributed by atoms with Gasteiger partial charge in [0.15, 0.2) is 23.0 Å². The highest BCUT2D eigenvalue weighted by molar-refractivity contribution is 8.93. The fraction of sp³-hybridized carbons (Fsp3) is 0.333. The summed E-state index contributed by atoms with van der Waals surface area (Å²) in [7, 11) is 0. The van der Waals surface area contributed by atoms with Crippen molar-refractivity contribution in [2.24, 2.45) is 5.73 Å². The molecule has 9 nitrogen and oxygen atoms in total. The summed E-state index contributed by atoms with van der Waals surface area (Å²) in [5, 5.41) is 42.6. The fourth-order valence-electron chi connectivity index (χ4n) is 2.88.